The van der Waals surface area contributed by atoms with Gasteiger partial charge in [0.05, 0.1) is 34.2 Å². The first-order valence-corrected chi connectivity index (χ1v) is 13.7. The molecule has 1 aliphatic carbocycles. The maximum Gasteiger partial charge on any atom is 0.416 e. The van der Waals surface area contributed by atoms with Gasteiger partial charge < -0.3 is 9.52 Å². The van der Waals surface area contributed by atoms with Crippen molar-refractivity contribution in [3.05, 3.63) is 101 Å². The maximum atomic E-state index is 13.6. The topological polar surface area (TPSA) is 101 Å². The van der Waals surface area contributed by atoms with Gasteiger partial charge in [0, 0.05) is 18.5 Å². The van der Waals surface area contributed by atoms with Crippen molar-refractivity contribution in [1.29, 1.82) is 0 Å². The fraction of sp³-hybridized carbons (Fsp3) is 0.259. The van der Waals surface area contributed by atoms with Crippen LogP contribution in [0.4, 0.5) is 17.6 Å². The normalized spacial score (nSPS) is 20.5. The summed E-state index contributed by atoms with van der Waals surface area (Å²) in [5.74, 6) is -0.383. The molecule has 6 rings (SSSR count). The summed E-state index contributed by atoms with van der Waals surface area (Å²) in [5.41, 5.74) is 0.662. The van der Waals surface area contributed by atoms with E-state index < -0.39 is 39.1 Å². The van der Waals surface area contributed by atoms with Gasteiger partial charge in [0.25, 0.3) is 0 Å². The van der Waals surface area contributed by atoms with Gasteiger partial charge in [-0.15, -0.1) is 0 Å². The predicted molar refractivity (Wildman–Crippen MR) is 134 cm³/mol. The molecule has 2 aromatic heterocycles. The molecule has 0 amide bonds. The summed E-state index contributed by atoms with van der Waals surface area (Å²) >= 11 is 0. The molecule has 0 radical (unpaired) electrons. The lowest BCUT2D eigenvalue weighted by molar-refractivity contribution is -0.137. The molecule has 40 heavy (non-hydrogen) atoms. The third-order valence-electron chi connectivity index (χ3n) is 7.53. The number of piperidine rings is 1. The van der Waals surface area contributed by atoms with Crippen molar-refractivity contribution < 1.29 is 35.5 Å². The van der Waals surface area contributed by atoms with Gasteiger partial charge in [-0.25, -0.2) is 22.5 Å². The lowest BCUT2D eigenvalue weighted by Gasteiger charge is -2.47. The number of halogens is 4. The first kappa shape index (κ1) is 26.4. The predicted octanol–water partition coefficient (Wildman–Crippen LogP) is 4.77. The summed E-state index contributed by atoms with van der Waals surface area (Å²) in [6, 6.07) is 9.15. The number of aliphatic hydroxyl groups excluding tert-OH is 1. The Balaban J connectivity index is 1.40. The summed E-state index contributed by atoms with van der Waals surface area (Å²) in [6.07, 6.45) is 0.612. The number of hydrogen-bond donors (Lipinski definition) is 1. The van der Waals surface area contributed by atoms with Crippen molar-refractivity contribution in [3.63, 3.8) is 0 Å². The van der Waals surface area contributed by atoms with Gasteiger partial charge in [-0.1, -0.05) is 5.57 Å². The fourth-order valence-electron chi connectivity index (χ4n) is 5.48. The third kappa shape index (κ3) is 4.34. The van der Waals surface area contributed by atoms with E-state index in [2.05, 4.69) is 10.1 Å². The molecule has 1 N–H and O–H groups in total. The first-order chi connectivity index (χ1) is 19.0. The van der Waals surface area contributed by atoms with E-state index in [0.29, 0.717) is 11.3 Å². The van der Waals surface area contributed by atoms with E-state index in [-0.39, 0.29) is 36.7 Å². The first-order valence-electron chi connectivity index (χ1n) is 12.3. The van der Waals surface area contributed by atoms with Gasteiger partial charge in [-0.3, -0.25) is 0 Å². The molecular weight excluding hydrogens is 552 g/mol. The average molecular weight is 575 g/mol. The molecule has 1 saturated heterocycles. The average Bonchev–Trinajstić information content (AvgIpc) is 3.61. The van der Waals surface area contributed by atoms with E-state index in [1.165, 1.54) is 28.9 Å². The van der Waals surface area contributed by atoms with Gasteiger partial charge in [0.15, 0.2) is 0 Å². The second-order valence-corrected chi connectivity index (χ2v) is 11.8. The molecule has 208 valence electrons. The Kier molecular flexibility index (Phi) is 6.20. The lowest BCUT2D eigenvalue weighted by Crippen LogP contribution is -2.52. The minimum absolute atomic E-state index is 0.00838. The molecule has 2 aromatic carbocycles. The molecule has 2 aliphatic rings. The molecule has 0 unspecified atom stereocenters. The summed E-state index contributed by atoms with van der Waals surface area (Å²) < 4.78 is 88.1. The Bertz CT molecular complexity index is 1680. The van der Waals surface area contributed by atoms with E-state index >= 15 is 0 Å². The van der Waals surface area contributed by atoms with E-state index in [1.807, 2.05) is 6.08 Å². The highest BCUT2D eigenvalue weighted by Gasteiger charge is 2.52. The molecule has 1 aliphatic heterocycles. The Morgan fingerprint density at radius 2 is 1.80 bits per heavy atom. The maximum absolute atomic E-state index is 13.6. The van der Waals surface area contributed by atoms with E-state index in [4.69, 9.17) is 4.42 Å². The fourth-order valence-corrected chi connectivity index (χ4v) is 6.99. The minimum Gasteiger partial charge on any atom is -0.446 e. The number of rotatable bonds is 5. The van der Waals surface area contributed by atoms with Crippen LogP contribution < -0.4 is 0 Å². The number of benzene rings is 2. The molecule has 0 spiro atoms. The summed E-state index contributed by atoms with van der Waals surface area (Å²) in [7, 11) is -4.21. The van der Waals surface area contributed by atoms with Crippen molar-refractivity contribution in [1.82, 2.24) is 19.1 Å². The van der Waals surface area contributed by atoms with Gasteiger partial charge in [-0.05, 0) is 73.0 Å². The van der Waals surface area contributed by atoms with Crippen LogP contribution in [0.25, 0.3) is 11.8 Å². The Hall–Kier alpha value is -3.81. The van der Waals surface area contributed by atoms with Crippen LogP contribution in [0.3, 0.4) is 0 Å². The highest BCUT2D eigenvalue weighted by atomic mass is 32.2. The van der Waals surface area contributed by atoms with Crippen LogP contribution in [0.5, 0.6) is 0 Å². The van der Waals surface area contributed by atoms with Crippen LogP contribution in [-0.4, -0.2) is 45.7 Å². The number of alkyl halides is 3. The highest BCUT2D eigenvalue weighted by molar-refractivity contribution is 7.89. The molecule has 8 nitrogen and oxygen atoms in total. The largest absolute Gasteiger partial charge is 0.446 e. The van der Waals surface area contributed by atoms with Crippen LogP contribution in [0.1, 0.15) is 35.2 Å². The van der Waals surface area contributed by atoms with Crippen molar-refractivity contribution in [2.75, 3.05) is 13.1 Å². The molecule has 2 atom stereocenters. The Morgan fingerprint density at radius 1 is 1.07 bits per heavy atom. The van der Waals surface area contributed by atoms with Gasteiger partial charge >= 0.3 is 6.18 Å². The van der Waals surface area contributed by atoms with Crippen molar-refractivity contribution in [2.45, 2.75) is 30.0 Å². The molecule has 13 heteroatoms. The molecule has 4 aromatic rings. The van der Waals surface area contributed by atoms with Crippen LogP contribution in [-0.2, 0) is 22.6 Å². The SMILES string of the molecule is O=S(=O)(c1ccc(C(F)(F)F)cc1)N1CCC2=Cc3c(cnn3-c3ccc(F)cc3)C[C@]2([C@@H](O)c2ncco2)C1. The number of aliphatic hydroxyl groups is 1. The summed E-state index contributed by atoms with van der Waals surface area (Å²) in [5, 5.41) is 16.0. The number of sulfonamides is 1. The van der Waals surface area contributed by atoms with Gasteiger partial charge in [-0.2, -0.15) is 22.6 Å². The smallest absolute Gasteiger partial charge is 0.416 e. The van der Waals surface area contributed by atoms with E-state index in [9.17, 15) is 31.1 Å². The Labute approximate surface area is 226 Å². The number of hydrogen-bond acceptors (Lipinski definition) is 6. The third-order valence-corrected chi connectivity index (χ3v) is 9.39. The molecule has 1 fully saturated rings. The van der Waals surface area contributed by atoms with Crippen LogP contribution >= 0.6 is 0 Å². The number of oxazole rings is 1. The van der Waals surface area contributed by atoms with Gasteiger partial charge in [0.2, 0.25) is 15.9 Å². The second-order valence-electron chi connectivity index (χ2n) is 9.83. The van der Waals surface area contributed by atoms with Crippen LogP contribution in [0.2, 0.25) is 0 Å². The zero-order valence-corrected chi connectivity index (χ0v) is 21.5. The number of fused-ring (bicyclic) bond motifs is 2. The van der Waals surface area contributed by atoms with Crippen molar-refractivity contribution in [3.8, 4) is 5.69 Å². The number of nitrogens with zero attached hydrogens (tertiary/aromatic N) is 4. The quantitative estimate of drug-likeness (QED) is 0.345. The molecule has 3 heterocycles. The van der Waals surface area contributed by atoms with Crippen molar-refractivity contribution >= 4 is 16.1 Å². The summed E-state index contributed by atoms with van der Waals surface area (Å²) in [4.78, 5) is 3.81. The standard InChI is InChI=1S/C27H22F4N4O4S/c28-20-3-5-21(6-4-20)35-23-13-19-9-11-34(40(37,38)22-7-1-18(2-8-22)27(29,30)31)16-26(19,14-17(23)15-33-35)24(36)25-32-10-12-39-25/h1-8,10,12-13,15,24,36H,9,11,14,16H2/t24-,26-/m0/s1. The zero-order valence-electron chi connectivity index (χ0n) is 20.7. The highest BCUT2D eigenvalue weighted by Crippen LogP contribution is 2.52. The lowest BCUT2D eigenvalue weighted by atomic mass is 9.65. The Morgan fingerprint density at radius 3 is 2.45 bits per heavy atom. The second kappa shape index (κ2) is 9.39. The summed E-state index contributed by atoms with van der Waals surface area (Å²) in [6.45, 7) is -0.137. The van der Waals surface area contributed by atoms with E-state index in [1.54, 1.807) is 23.0 Å². The van der Waals surface area contributed by atoms with E-state index in [0.717, 1.165) is 35.5 Å². The van der Waals surface area contributed by atoms with Gasteiger partial charge in [0.1, 0.15) is 18.2 Å². The van der Waals surface area contributed by atoms with Crippen LogP contribution in [0.15, 0.2) is 82.1 Å². The minimum atomic E-state index is -4.60. The molecular formula is C27H22F4N4O4S. The zero-order chi connectivity index (χ0) is 28.3. The monoisotopic (exact) mass is 574 g/mol. The van der Waals surface area contributed by atoms with Crippen molar-refractivity contribution in [2.24, 2.45) is 5.41 Å². The number of aromatic nitrogens is 3. The molecule has 0 saturated carbocycles. The molecule has 0 bridgehead atoms. The van der Waals surface area contributed by atoms with Crippen LogP contribution in [0, 0.1) is 11.2 Å².